The monoisotopic (exact) mass is 338 g/mol. The van der Waals surface area contributed by atoms with Gasteiger partial charge in [-0.25, -0.2) is 4.79 Å². The van der Waals surface area contributed by atoms with E-state index in [0.717, 1.165) is 10.1 Å². The number of hydrogen-bond donors (Lipinski definition) is 2. The summed E-state index contributed by atoms with van der Waals surface area (Å²) in [6.45, 7) is 0.345. The lowest BCUT2D eigenvalue weighted by molar-refractivity contribution is -0.121. The van der Waals surface area contributed by atoms with E-state index in [1.54, 1.807) is 12.1 Å². The third-order valence-electron chi connectivity index (χ3n) is 3.29. The second-order valence-electron chi connectivity index (χ2n) is 4.97. The molecule has 1 heterocycles. The number of nitrogens with zero attached hydrogens (tertiary/aromatic N) is 2. The van der Waals surface area contributed by atoms with Crippen LogP contribution in [0.4, 0.5) is 5.69 Å². The third kappa shape index (κ3) is 5.00. The fourth-order valence-electron chi connectivity index (χ4n) is 1.98. The Morgan fingerprint density at radius 1 is 1.17 bits per heavy atom. The average molecular weight is 339 g/mol. The Hall–Kier alpha value is -2.54. The molecule has 0 atom stereocenters. The maximum atomic E-state index is 11.8. The first-order valence-corrected chi connectivity index (χ1v) is 6.85. The number of anilines is 1. The highest BCUT2D eigenvalue weighted by atomic mass is 35.5. The van der Waals surface area contributed by atoms with E-state index in [-0.39, 0.29) is 24.9 Å². The van der Waals surface area contributed by atoms with Crippen molar-refractivity contribution >= 4 is 24.0 Å². The summed E-state index contributed by atoms with van der Waals surface area (Å²) in [5.41, 5.74) is 6.45. The lowest BCUT2D eigenvalue weighted by atomic mass is 10.1. The summed E-state index contributed by atoms with van der Waals surface area (Å²) in [5.74, 6) is -0.281. The van der Waals surface area contributed by atoms with Crippen molar-refractivity contribution in [2.75, 3.05) is 12.3 Å². The number of halogens is 1. The number of aromatic nitrogens is 2. The van der Waals surface area contributed by atoms with Crippen LogP contribution in [-0.4, -0.2) is 21.6 Å². The van der Waals surface area contributed by atoms with Gasteiger partial charge in [-0.2, -0.15) is 0 Å². The minimum Gasteiger partial charge on any atom is -0.399 e. The van der Waals surface area contributed by atoms with Crippen molar-refractivity contribution in [3.05, 3.63) is 62.9 Å². The summed E-state index contributed by atoms with van der Waals surface area (Å²) in [4.78, 5) is 34.9. The van der Waals surface area contributed by atoms with Gasteiger partial charge in [-0.3, -0.25) is 18.7 Å². The van der Waals surface area contributed by atoms with Crippen LogP contribution in [0.1, 0.15) is 5.56 Å². The van der Waals surface area contributed by atoms with E-state index < -0.39 is 11.2 Å². The van der Waals surface area contributed by atoms with Crippen molar-refractivity contribution in [2.45, 2.75) is 13.0 Å². The Balaban J connectivity index is 0.00000264. The fourth-order valence-corrected chi connectivity index (χ4v) is 1.98. The lowest BCUT2D eigenvalue weighted by Crippen LogP contribution is -2.40. The number of benzene rings is 1. The maximum absolute atomic E-state index is 11.8. The molecule has 8 heteroatoms. The van der Waals surface area contributed by atoms with E-state index in [9.17, 15) is 14.4 Å². The average Bonchev–Trinajstić information content (AvgIpc) is 2.50. The zero-order chi connectivity index (χ0) is 16.1. The molecular weight excluding hydrogens is 320 g/mol. The van der Waals surface area contributed by atoms with E-state index in [4.69, 9.17) is 5.73 Å². The Kier molecular flexibility index (Phi) is 6.59. The lowest BCUT2D eigenvalue weighted by Gasteiger charge is -2.08. The quantitative estimate of drug-likeness (QED) is 0.744. The molecule has 0 saturated carbocycles. The molecule has 2 rings (SSSR count). The van der Waals surface area contributed by atoms with Gasteiger partial charge < -0.3 is 11.1 Å². The van der Waals surface area contributed by atoms with Gasteiger partial charge in [0.1, 0.15) is 6.54 Å². The van der Waals surface area contributed by atoms with Crippen LogP contribution in [0.25, 0.3) is 0 Å². The molecule has 0 fully saturated rings. The first kappa shape index (κ1) is 18.5. The van der Waals surface area contributed by atoms with Gasteiger partial charge in [-0.05, 0) is 24.1 Å². The first-order valence-electron chi connectivity index (χ1n) is 6.85. The van der Waals surface area contributed by atoms with Gasteiger partial charge in [0.05, 0.1) is 0 Å². The van der Waals surface area contributed by atoms with Crippen LogP contribution < -0.4 is 22.3 Å². The largest absolute Gasteiger partial charge is 0.399 e. The van der Waals surface area contributed by atoms with Crippen molar-refractivity contribution in [3.8, 4) is 0 Å². The van der Waals surface area contributed by atoms with Gasteiger partial charge in [-0.1, -0.05) is 12.1 Å². The number of amides is 1. The Bertz CT molecular complexity index is 781. The second kappa shape index (κ2) is 8.19. The predicted molar refractivity (Wildman–Crippen MR) is 90.8 cm³/mol. The predicted octanol–water partition coefficient (Wildman–Crippen LogP) is -0.0901. The van der Waals surface area contributed by atoms with E-state index in [0.29, 0.717) is 18.7 Å². The molecule has 0 saturated heterocycles. The Morgan fingerprint density at radius 2 is 1.83 bits per heavy atom. The molecule has 7 nitrogen and oxygen atoms in total. The number of nitrogens with one attached hydrogen (secondary N) is 1. The van der Waals surface area contributed by atoms with Crippen molar-refractivity contribution in [1.82, 2.24) is 14.5 Å². The van der Waals surface area contributed by atoms with E-state index in [2.05, 4.69) is 5.32 Å². The van der Waals surface area contributed by atoms with Crippen molar-refractivity contribution < 1.29 is 4.79 Å². The van der Waals surface area contributed by atoms with Gasteiger partial charge in [0.15, 0.2) is 0 Å². The van der Waals surface area contributed by atoms with Crippen LogP contribution in [0.3, 0.4) is 0 Å². The molecule has 23 heavy (non-hydrogen) atoms. The van der Waals surface area contributed by atoms with Crippen molar-refractivity contribution in [1.29, 1.82) is 0 Å². The highest BCUT2D eigenvalue weighted by molar-refractivity contribution is 5.85. The summed E-state index contributed by atoms with van der Waals surface area (Å²) in [6.07, 6.45) is 2.00. The van der Waals surface area contributed by atoms with Crippen LogP contribution in [-0.2, 0) is 24.8 Å². The van der Waals surface area contributed by atoms with Crippen LogP contribution >= 0.6 is 12.4 Å². The highest BCUT2D eigenvalue weighted by Gasteiger charge is 2.06. The molecule has 124 valence electrons. The number of nitrogens with two attached hydrogens (primary N) is 1. The third-order valence-corrected chi connectivity index (χ3v) is 3.29. The van der Waals surface area contributed by atoms with Gasteiger partial charge >= 0.3 is 5.69 Å². The molecule has 0 unspecified atom stereocenters. The number of rotatable bonds is 5. The molecule has 0 aliphatic carbocycles. The molecular formula is C15H19ClN4O3. The first-order chi connectivity index (χ1) is 10.5. The number of hydrogen-bond acceptors (Lipinski definition) is 4. The van der Waals surface area contributed by atoms with Crippen LogP contribution in [0.15, 0.2) is 46.1 Å². The minimum absolute atomic E-state index is 0. The van der Waals surface area contributed by atoms with E-state index in [1.807, 2.05) is 12.1 Å². The summed E-state index contributed by atoms with van der Waals surface area (Å²) < 4.78 is 2.15. The van der Waals surface area contributed by atoms with Gasteiger partial charge in [0, 0.05) is 31.5 Å². The van der Waals surface area contributed by atoms with Crippen molar-refractivity contribution in [2.24, 2.45) is 7.05 Å². The zero-order valence-corrected chi connectivity index (χ0v) is 13.5. The van der Waals surface area contributed by atoms with Gasteiger partial charge in [0.2, 0.25) is 5.91 Å². The molecule has 3 N–H and O–H groups in total. The fraction of sp³-hybridized carbons (Fsp3) is 0.267. The van der Waals surface area contributed by atoms with E-state index in [1.165, 1.54) is 23.9 Å². The van der Waals surface area contributed by atoms with Gasteiger partial charge in [0.25, 0.3) is 5.56 Å². The normalized spacial score (nSPS) is 9.96. The van der Waals surface area contributed by atoms with Crippen LogP contribution in [0.5, 0.6) is 0 Å². The molecule has 0 bridgehead atoms. The topological polar surface area (TPSA) is 99.1 Å². The summed E-state index contributed by atoms with van der Waals surface area (Å²) >= 11 is 0. The maximum Gasteiger partial charge on any atom is 0.331 e. The molecule has 0 spiro atoms. The number of carbonyl (C=O) groups is 1. The Labute approximate surface area is 139 Å². The van der Waals surface area contributed by atoms with Gasteiger partial charge in [-0.15, -0.1) is 12.4 Å². The SMILES string of the molecule is Cl.Cn1c(=O)ccn(CC(=O)NCCc2ccc(N)cc2)c1=O. The van der Waals surface area contributed by atoms with E-state index >= 15 is 0 Å². The second-order valence-corrected chi connectivity index (χ2v) is 4.97. The standard InChI is InChI=1S/C15H18N4O3.ClH/c1-18-14(21)7-9-19(15(18)22)10-13(20)17-8-6-11-2-4-12(16)5-3-11;/h2-5,7,9H,6,8,10,16H2,1H3,(H,17,20);1H. The zero-order valence-electron chi connectivity index (χ0n) is 12.7. The smallest absolute Gasteiger partial charge is 0.331 e. The molecule has 1 amide bonds. The molecule has 1 aromatic carbocycles. The van der Waals surface area contributed by atoms with Crippen LogP contribution in [0.2, 0.25) is 0 Å². The minimum atomic E-state index is -0.513. The molecule has 0 aliphatic rings. The van der Waals surface area contributed by atoms with Crippen molar-refractivity contribution in [3.63, 3.8) is 0 Å². The van der Waals surface area contributed by atoms with Crippen LogP contribution in [0, 0.1) is 0 Å². The molecule has 0 aliphatic heterocycles. The summed E-state index contributed by atoms with van der Waals surface area (Å²) in [7, 11) is 1.38. The molecule has 2 aromatic rings. The summed E-state index contributed by atoms with van der Waals surface area (Å²) in [5, 5.41) is 2.74. The highest BCUT2D eigenvalue weighted by Crippen LogP contribution is 2.05. The number of nitrogen functional groups attached to an aromatic ring is 1. The Morgan fingerprint density at radius 3 is 2.48 bits per heavy atom. The molecule has 1 aromatic heterocycles. The molecule has 0 radical (unpaired) electrons. The number of carbonyl (C=O) groups excluding carboxylic acids is 1. The summed E-state index contributed by atoms with van der Waals surface area (Å²) in [6, 6.07) is 8.67.